The lowest BCUT2D eigenvalue weighted by Gasteiger charge is -2.24. The van der Waals surface area contributed by atoms with Gasteiger partial charge in [-0.3, -0.25) is 0 Å². The quantitative estimate of drug-likeness (QED) is 0.838. The highest BCUT2D eigenvalue weighted by atomic mass is 16.5. The average molecular weight is 293 g/mol. The minimum Gasteiger partial charge on any atom is -0.383 e. The first-order valence-corrected chi connectivity index (χ1v) is 7.69. The molecule has 1 aromatic heterocycles. The molecule has 21 heavy (non-hydrogen) atoms. The maximum atomic E-state index is 5.16. The number of aromatic nitrogens is 1. The average Bonchev–Trinajstić information content (AvgIpc) is 2.41. The van der Waals surface area contributed by atoms with Crippen LogP contribution in [0.2, 0.25) is 0 Å². The molecule has 1 N–H and O–H groups in total. The molecule has 4 nitrogen and oxygen atoms in total. The molecule has 0 aliphatic heterocycles. The second-order valence-electron chi connectivity index (χ2n) is 6.92. The molecule has 1 rings (SSSR count). The Morgan fingerprint density at radius 1 is 1.29 bits per heavy atom. The molecule has 0 saturated heterocycles. The summed E-state index contributed by atoms with van der Waals surface area (Å²) in [4.78, 5) is 6.98. The fourth-order valence-electron chi connectivity index (χ4n) is 1.92. The van der Waals surface area contributed by atoms with Crippen LogP contribution >= 0.6 is 0 Å². The Kier molecular flexibility index (Phi) is 6.62. The van der Waals surface area contributed by atoms with Gasteiger partial charge in [0.1, 0.15) is 5.82 Å². The highest BCUT2D eigenvalue weighted by Gasteiger charge is 2.18. The van der Waals surface area contributed by atoms with E-state index in [9.17, 15) is 0 Å². The zero-order chi connectivity index (χ0) is 16.0. The van der Waals surface area contributed by atoms with E-state index in [1.54, 1.807) is 7.11 Å². The van der Waals surface area contributed by atoms with Crippen LogP contribution in [0.3, 0.4) is 0 Å². The van der Waals surface area contributed by atoms with Gasteiger partial charge in [-0.25, -0.2) is 4.98 Å². The number of nitrogens with one attached hydrogen (secondary N) is 1. The summed E-state index contributed by atoms with van der Waals surface area (Å²) in [6.45, 7) is 13.4. The summed E-state index contributed by atoms with van der Waals surface area (Å²) in [5, 5.41) is 3.48. The number of pyridine rings is 1. The van der Waals surface area contributed by atoms with Crippen LogP contribution in [0.1, 0.15) is 45.9 Å². The molecule has 0 atom stereocenters. The number of hydrogen-bond donors (Lipinski definition) is 1. The Morgan fingerprint density at radius 2 is 1.95 bits per heavy atom. The Labute approximate surface area is 129 Å². The van der Waals surface area contributed by atoms with Gasteiger partial charge in [-0.1, -0.05) is 34.6 Å². The third-order valence-corrected chi connectivity index (χ3v) is 3.38. The monoisotopic (exact) mass is 293 g/mol. The van der Waals surface area contributed by atoms with Gasteiger partial charge < -0.3 is 15.0 Å². The zero-order valence-electron chi connectivity index (χ0n) is 14.7. The number of nitrogens with zero attached hydrogens (tertiary/aromatic N) is 2. The molecule has 0 spiro atoms. The van der Waals surface area contributed by atoms with Gasteiger partial charge in [0.25, 0.3) is 0 Å². The fraction of sp³-hybridized carbons (Fsp3) is 0.706. The summed E-state index contributed by atoms with van der Waals surface area (Å²) in [6, 6.07) is 4.86. The second kappa shape index (κ2) is 7.76. The Morgan fingerprint density at radius 3 is 2.48 bits per heavy atom. The van der Waals surface area contributed by atoms with Gasteiger partial charge in [0.05, 0.1) is 6.61 Å². The first kappa shape index (κ1) is 17.9. The van der Waals surface area contributed by atoms with E-state index in [4.69, 9.17) is 9.72 Å². The molecular formula is C17H31N3O. The van der Waals surface area contributed by atoms with Crippen molar-refractivity contribution in [3.05, 3.63) is 23.4 Å². The van der Waals surface area contributed by atoms with Crippen LogP contribution in [0.25, 0.3) is 0 Å². The first-order chi connectivity index (χ1) is 9.74. The Hall–Kier alpha value is -1.13. The summed E-state index contributed by atoms with van der Waals surface area (Å²) in [5.41, 5.74) is 2.46. The molecule has 1 heterocycles. The highest BCUT2D eigenvalue weighted by molar-refractivity contribution is 5.43. The Balaban J connectivity index is 3.03. The predicted molar refractivity (Wildman–Crippen MR) is 90.1 cm³/mol. The summed E-state index contributed by atoms with van der Waals surface area (Å²) >= 11 is 0. The van der Waals surface area contributed by atoms with Crippen molar-refractivity contribution in [2.75, 3.05) is 32.2 Å². The van der Waals surface area contributed by atoms with Gasteiger partial charge in [-0.2, -0.15) is 0 Å². The van der Waals surface area contributed by atoms with E-state index in [0.717, 1.165) is 24.6 Å². The maximum Gasteiger partial charge on any atom is 0.128 e. The van der Waals surface area contributed by atoms with Crippen LogP contribution in [-0.4, -0.2) is 38.3 Å². The van der Waals surface area contributed by atoms with E-state index in [1.165, 1.54) is 5.56 Å². The number of rotatable bonds is 7. The molecule has 0 saturated carbocycles. The number of anilines is 1. The van der Waals surface area contributed by atoms with Gasteiger partial charge >= 0.3 is 0 Å². The molecule has 120 valence electrons. The van der Waals surface area contributed by atoms with Crippen molar-refractivity contribution in [2.24, 2.45) is 0 Å². The SMILES string of the molecule is COCCN(C)c1cc(CNC(C)C)cc(C(C)(C)C)n1. The molecule has 0 radical (unpaired) electrons. The lowest BCUT2D eigenvalue weighted by Crippen LogP contribution is -2.26. The van der Waals surface area contributed by atoms with Crippen LogP contribution in [0.5, 0.6) is 0 Å². The van der Waals surface area contributed by atoms with Gasteiger partial charge in [-0.05, 0) is 17.7 Å². The van der Waals surface area contributed by atoms with Crippen molar-refractivity contribution >= 4 is 5.82 Å². The van der Waals surface area contributed by atoms with E-state index in [0.29, 0.717) is 12.6 Å². The van der Waals surface area contributed by atoms with Crippen molar-refractivity contribution in [2.45, 2.75) is 52.6 Å². The van der Waals surface area contributed by atoms with Gasteiger partial charge in [-0.15, -0.1) is 0 Å². The van der Waals surface area contributed by atoms with Crippen molar-refractivity contribution in [3.63, 3.8) is 0 Å². The molecular weight excluding hydrogens is 262 g/mol. The fourth-order valence-corrected chi connectivity index (χ4v) is 1.92. The normalized spacial score (nSPS) is 12.0. The molecule has 0 amide bonds. The number of likely N-dealkylation sites (N-methyl/N-ethyl adjacent to an activating group) is 1. The van der Waals surface area contributed by atoms with Gasteiger partial charge in [0, 0.05) is 44.4 Å². The van der Waals surface area contributed by atoms with E-state index < -0.39 is 0 Å². The smallest absolute Gasteiger partial charge is 0.128 e. The number of methoxy groups -OCH3 is 1. The molecule has 1 aromatic rings. The van der Waals surface area contributed by atoms with Gasteiger partial charge in [0.15, 0.2) is 0 Å². The highest BCUT2D eigenvalue weighted by Crippen LogP contribution is 2.24. The lowest BCUT2D eigenvalue weighted by molar-refractivity contribution is 0.206. The standard InChI is InChI=1S/C17H31N3O/c1-13(2)18-12-14-10-15(17(3,4)5)19-16(11-14)20(6)8-9-21-7/h10-11,13,18H,8-9,12H2,1-7H3. The summed E-state index contributed by atoms with van der Waals surface area (Å²) in [5.74, 6) is 1.01. The predicted octanol–water partition coefficient (Wildman–Crippen LogP) is 2.96. The summed E-state index contributed by atoms with van der Waals surface area (Å²) < 4.78 is 5.16. The molecule has 4 heteroatoms. The van der Waals surface area contributed by atoms with Crippen molar-refractivity contribution in [1.82, 2.24) is 10.3 Å². The maximum absolute atomic E-state index is 5.16. The lowest BCUT2D eigenvalue weighted by atomic mass is 9.90. The third kappa shape index (κ3) is 6.02. The van der Waals surface area contributed by atoms with Gasteiger partial charge in [0.2, 0.25) is 0 Å². The number of ether oxygens (including phenoxy) is 1. The van der Waals surface area contributed by atoms with Crippen LogP contribution in [-0.2, 0) is 16.7 Å². The van der Waals surface area contributed by atoms with E-state index >= 15 is 0 Å². The van der Waals surface area contributed by atoms with Crippen LogP contribution in [0.4, 0.5) is 5.82 Å². The van der Waals surface area contributed by atoms with Crippen molar-refractivity contribution in [3.8, 4) is 0 Å². The molecule has 0 aromatic carbocycles. The van der Waals surface area contributed by atoms with Crippen LogP contribution in [0.15, 0.2) is 12.1 Å². The van der Waals surface area contributed by atoms with Crippen molar-refractivity contribution in [1.29, 1.82) is 0 Å². The molecule has 0 unspecified atom stereocenters. The second-order valence-corrected chi connectivity index (χ2v) is 6.92. The van der Waals surface area contributed by atoms with E-state index in [2.05, 4.69) is 64.0 Å². The van der Waals surface area contributed by atoms with Crippen LogP contribution < -0.4 is 10.2 Å². The molecule has 0 aliphatic carbocycles. The molecule has 0 aliphatic rings. The van der Waals surface area contributed by atoms with Crippen molar-refractivity contribution < 1.29 is 4.74 Å². The minimum atomic E-state index is 0.0463. The minimum absolute atomic E-state index is 0.0463. The van der Waals surface area contributed by atoms with E-state index in [1.807, 2.05) is 0 Å². The van der Waals surface area contributed by atoms with Crippen LogP contribution in [0, 0.1) is 0 Å². The largest absolute Gasteiger partial charge is 0.383 e. The zero-order valence-corrected chi connectivity index (χ0v) is 14.7. The summed E-state index contributed by atoms with van der Waals surface area (Å²) in [7, 11) is 3.79. The number of hydrogen-bond acceptors (Lipinski definition) is 4. The first-order valence-electron chi connectivity index (χ1n) is 7.69. The topological polar surface area (TPSA) is 37.4 Å². The Bertz CT molecular complexity index is 438. The third-order valence-electron chi connectivity index (χ3n) is 3.38. The van der Waals surface area contributed by atoms with E-state index in [-0.39, 0.29) is 5.41 Å². The molecule has 0 bridgehead atoms. The molecule has 0 fully saturated rings. The summed E-state index contributed by atoms with van der Waals surface area (Å²) in [6.07, 6.45) is 0.